The Bertz CT molecular complexity index is 702. The van der Waals surface area contributed by atoms with Crippen LogP contribution in [-0.4, -0.2) is 49.3 Å². The zero-order chi connectivity index (χ0) is 16.0. The SMILES string of the molecule is N[C@@H]1C(=O)N2C(C(=O)O)=C(Cc3ccc(O)cc3O)CS[C@H]12. The number of thioether (sulfide) groups is 1. The molecule has 0 radical (unpaired) electrons. The summed E-state index contributed by atoms with van der Waals surface area (Å²) in [4.78, 5) is 24.6. The van der Waals surface area contributed by atoms with Crippen molar-refractivity contribution in [1.82, 2.24) is 4.90 Å². The molecule has 0 aromatic heterocycles. The number of amides is 1. The van der Waals surface area contributed by atoms with Gasteiger partial charge < -0.3 is 21.1 Å². The Morgan fingerprint density at radius 3 is 2.77 bits per heavy atom. The van der Waals surface area contributed by atoms with Crippen LogP contribution in [0.3, 0.4) is 0 Å². The Morgan fingerprint density at radius 2 is 2.14 bits per heavy atom. The first-order valence-electron chi connectivity index (χ1n) is 6.56. The molecule has 22 heavy (non-hydrogen) atoms. The molecule has 3 rings (SSSR count). The summed E-state index contributed by atoms with van der Waals surface area (Å²) >= 11 is 1.41. The Labute approximate surface area is 130 Å². The summed E-state index contributed by atoms with van der Waals surface area (Å²) in [5.41, 5.74) is 6.66. The minimum atomic E-state index is -1.18. The number of phenolic OH excluding ortho intramolecular Hbond substituents is 2. The first-order chi connectivity index (χ1) is 10.4. The molecule has 0 spiro atoms. The molecule has 5 N–H and O–H groups in total. The van der Waals surface area contributed by atoms with Crippen LogP contribution in [0.5, 0.6) is 11.5 Å². The predicted octanol–water partition coefficient (Wildman–Crippen LogP) is 0.221. The molecule has 0 saturated carbocycles. The zero-order valence-electron chi connectivity index (χ0n) is 11.4. The maximum Gasteiger partial charge on any atom is 0.352 e. The molecule has 1 aromatic carbocycles. The number of carboxylic acids is 1. The van der Waals surface area contributed by atoms with Crippen LogP contribution >= 0.6 is 11.8 Å². The number of nitrogens with two attached hydrogens (primary N) is 1. The van der Waals surface area contributed by atoms with Gasteiger partial charge in [-0.25, -0.2) is 4.79 Å². The molecule has 2 aliphatic rings. The Hall–Kier alpha value is -2.19. The average Bonchev–Trinajstić information content (AvgIpc) is 2.48. The van der Waals surface area contributed by atoms with Crippen LogP contribution in [0.1, 0.15) is 5.56 Å². The van der Waals surface area contributed by atoms with Crippen molar-refractivity contribution in [3.05, 3.63) is 35.0 Å². The zero-order valence-corrected chi connectivity index (χ0v) is 12.2. The van der Waals surface area contributed by atoms with E-state index in [-0.39, 0.29) is 29.0 Å². The van der Waals surface area contributed by atoms with Gasteiger partial charge in [0.15, 0.2) is 0 Å². The van der Waals surface area contributed by atoms with Gasteiger partial charge in [0.2, 0.25) is 5.91 Å². The topological polar surface area (TPSA) is 124 Å². The molecule has 2 atom stereocenters. The van der Waals surface area contributed by atoms with Crippen molar-refractivity contribution in [2.24, 2.45) is 5.73 Å². The smallest absolute Gasteiger partial charge is 0.352 e. The van der Waals surface area contributed by atoms with Gasteiger partial charge in [-0.1, -0.05) is 6.07 Å². The van der Waals surface area contributed by atoms with E-state index in [0.29, 0.717) is 16.9 Å². The number of fused-ring (bicyclic) bond motifs is 1. The van der Waals surface area contributed by atoms with E-state index < -0.39 is 17.9 Å². The van der Waals surface area contributed by atoms with E-state index in [1.165, 1.54) is 34.9 Å². The fourth-order valence-electron chi connectivity index (χ4n) is 2.65. The highest BCUT2D eigenvalue weighted by Crippen LogP contribution is 2.40. The first-order valence-corrected chi connectivity index (χ1v) is 7.61. The van der Waals surface area contributed by atoms with Crippen molar-refractivity contribution < 1.29 is 24.9 Å². The number of carbonyl (C=O) groups excluding carboxylic acids is 1. The van der Waals surface area contributed by atoms with E-state index in [9.17, 15) is 24.9 Å². The van der Waals surface area contributed by atoms with Gasteiger partial charge in [-0.2, -0.15) is 0 Å². The van der Waals surface area contributed by atoms with Crippen molar-refractivity contribution in [3.8, 4) is 11.5 Å². The van der Waals surface area contributed by atoms with Gasteiger partial charge in [-0.05, 0) is 17.2 Å². The Kier molecular flexibility index (Phi) is 3.50. The van der Waals surface area contributed by atoms with E-state index >= 15 is 0 Å². The molecule has 116 valence electrons. The maximum absolute atomic E-state index is 11.8. The number of nitrogens with zero attached hydrogens (tertiary/aromatic N) is 1. The first kappa shape index (κ1) is 14.7. The largest absolute Gasteiger partial charge is 0.508 e. The highest BCUT2D eigenvalue weighted by Gasteiger charge is 2.51. The number of aromatic hydroxyl groups is 2. The van der Waals surface area contributed by atoms with Gasteiger partial charge in [0.05, 0.1) is 0 Å². The molecular formula is C14H14N2O5S. The third-order valence-electron chi connectivity index (χ3n) is 3.76. The van der Waals surface area contributed by atoms with E-state index in [1.54, 1.807) is 0 Å². The van der Waals surface area contributed by atoms with E-state index in [1.807, 2.05) is 0 Å². The average molecular weight is 322 g/mol. The predicted molar refractivity (Wildman–Crippen MR) is 79.2 cm³/mol. The highest BCUT2D eigenvalue weighted by molar-refractivity contribution is 8.00. The van der Waals surface area contributed by atoms with Gasteiger partial charge in [-0.15, -0.1) is 11.8 Å². The van der Waals surface area contributed by atoms with E-state index in [0.717, 1.165) is 0 Å². The third kappa shape index (κ3) is 2.20. The number of aliphatic carboxylic acids is 1. The highest BCUT2D eigenvalue weighted by atomic mass is 32.2. The second-order valence-corrected chi connectivity index (χ2v) is 6.29. The van der Waals surface area contributed by atoms with Crippen molar-refractivity contribution in [3.63, 3.8) is 0 Å². The summed E-state index contributed by atoms with van der Waals surface area (Å²) in [5, 5.41) is 28.2. The number of rotatable bonds is 3. The van der Waals surface area contributed by atoms with E-state index in [2.05, 4.69) is 0 Å². The number of phenols is 2. The molecule has 7 nitrogen and oxygen atoms in total. The number of β-lactam (4-membered cyclic amide) rings is 1. The molecule has 1 fully saturated rings. The van der Waals surface area contributed by atoms with Gasteiger partial charge in [0.1, 0.15) is 28.6 Å². The van der Waals surface area contributed by atoms with Gasteiger partial charge >= 0.3 is 5.97 Å². The summed E-state index contributed by atoms with van der Waals surface area (Å²) in [5.74, 6) is -1.35. The second kappa shape index (κ2) is 5.22. The second-order valence-electron chi connectivity index (χ2n) is 5.18. The minimum Gasteiger partial charge on any atom is -0.508 e. The number of hydrogen-bond donors (Lipinski definition) is 4. The maximum atomic E-state index is 11.8. The van der Waals surface area contributed by atoms with Crippen molar-refractivity contribution >= 4 is 23.6 Å². The molecule has 0 bridgehead atoms. The van der Waals surface area contributed by atoms with Crippen LogP contribution < -0.4 is 5.73 Å². The molecule has 1 aromatic rings. The van der Waals surface area contributed by atoms with E-state index in [4.69, 9.17) is 5.73 Å². The molecule has 0 unspecified atom stereocenters. The summed E-state index contributed by atoms with van der Waals surface area (Å²) in [6, 6.07) is 3.47. The fourth-order valence-corrected chi connectivity index (χ4v) is 3.94. The lowest BCUT2D eigenvalue weighted by Gasteiger charge is -2.48. The minimum absolute atomic E-state index is 0.0528. The van der Waals surface area contributed by atoms with Gasteiger partial charge in [-0.3, -0.25) is 9.69 Å². The lowest BCUT2D eigenvalue weighted by atomic mass is 9.99. The van der Waals surface area contributed by atoms with Crippen molar-refractivity contribution in [1.29, 1.82) is 0 Å². The Balaban J connectivity index is 1.96. The number of hydrogen-bond acceptors (Lipinski definition) is 6. The van der Waals surface area contributed by atoms with Crippen LogP contribution in [0.2, 0.25) is 0 Å². The lowest BCUT2D eigenvalue weighted by Crippen LogP contribution is -2.68. The molecule has 8 heteroatoms. The summed E-state index contributed by atoms with van der Waals surface area (Å²) in [7, 11) is 0. The summed E-state index contributed by atoms with van der Waals surface area (Å²) in [6.07, 6.45) is 0.187. The molecule has 1 saturated heterocycles. The van der Waals surface area contributed by atoms with Crippen LogP contribution in [0.15, 0.2) is 29.5 Å². The number of carbonyl (C=O) groups is 2. The van der Waals surface area contributed by atoms with Crippen LogP contribution in [0.25, 0.3) is 0 Å². The number of carboxylic acid groups (broad SMARTS) is 1. The number of benzene rings is 1. The molecule has 0 aliphatic carbocycles. The normalized spacial score (nSPS) is 24.0. The van der Waals surface area contributed by atoms with Gasteiger partial charge in [0.25, 0.3) is 0 Å². The molecule has 2 heterocycles. The van der Waals surface area contributed by atoms with Crippen molar-refractivity contribution in [2.75, 3.05) is 5.75 Å². The Morgan fingerprint density at radius 1 is 1.41 bits per heavy atom. The summed E-state index contributed by atoms with van der Waals surface area (Å²) < 4.78 is 0. The standard InChI is InChI=1S/C14H14N2O5S/c15-10-12(19)16-11(14(20)21)7(5-22-13(10)16)3-6-1-2-8(17)4-9(6)18/h1-2,4,10,13,17-18H,3,5,15H2,(H,20,21)/t10-,13-/m1/s1. The van der Waals surface area contributed by atoms with Crippen molar-refractivity contribution in [2.45, 2.75) is 17.8 Å². The molecular weight excluding hydrogens is 308 g/mol. The van der Waals surface area contributed by atoms with Crippen LogP contribution in [-0.2, 0) is 16.0 Å². The van der Waals surface area contributed by atoms with Gasteiger partial charge in [0, 0.05) is 18.2 Å². The third-order valence-corrected chi connectivity index (χ3v) is 5.12. The summed E-state index contributed by atoms with van der Waals surface area (Å²) in [6.45, 7) is 0. The quantitative estimate of drug-likeness (QED) is 0.587. The monoisotopic (exact) mass is 322 g/mol. The van der Waals surface area contributed by atoms with Crippen LogP contribution in [0, 0.1) is 0 Å². The molecule has 2 aliphatic heterocycles. The lowest BCUT2D eigenvalue weighted by molar-refractivity contribution is -0.148. The fraction of sp³-hybridized carbons (Fsp3) is 0.286. The molecule has 1 amide bonds. The van der Waals surface area contributed by atoms with Crippen LogP contribution in [0.4, 0.5) is 0 Å².